The maximum atomic E-state index is 12.4. The summed E-state index contributed by atoms with van der Waals surface area (Å²) < 4.78 is 4.99. The zero-order valence-electron chi connectivity index (χ0n) is 14.6. The Morgan fingerprint density at radius 2 is 2.20 bits per heavy atom. The van der Waals surface area contributed by atoms with Crippen molar-refractivity contribution in [1.29, 1.82) is 0 Å². The molecular weight excluding hydrogens is 346 g/mol. The van der Waals surface area contributed by atoms with E-state index in [1.54, 1.807) is 20.8 Å². The number of nitrogens with zero attached hydrogens (tertiary/aromatic N) is 2. The van der Waals surface area contributed by atoms with Crippen molar-refractivity contribution in [3.63, 3.8) is 0 Å². The Balaban J connectivity index is 2.00. The third kappa shape index (κ3) is 4.68. The van der Waals surface area contributed by atoms with Crippen LogP contribution in [0, 0.1) is 12.8 Å². The van der Waals surface area contributed by atoms with Gasteiger partial charge in [0.15, 0.2) is 0 Å². The average Bonchev–Trinajstić information content (AvgIpc) is 2.97. The number of aliphatic carboxylic acids is 1. The normalized spacial score (nSPS) is 18.5. The van der Waals surface area contributed by atoms with Crippen molar-refractivity contribution in [2.75, 3.05) is 19.7 Å². The number of aromatic nitrogens is 1. The van der Waals surface area contributed by atoms with Crippen molar-refractivity contribution in [3.8, 4) is 0 Å². The molecule has 0 radical (unpaired) electrons. The molecule has 2 unspecified atom stereocenters. The minimum absolute atomic E-state index is 0.207. The highest BCUT2D eigenvalue weighted by molar-refractivity contribution is 7.13. The minimum Gasteiger partial charge on any atom is -0.481 e. The monoisotopic (exact) mass is 369 g/mol. The van der Waals surface area contributed by atoms with E-state index < -0.39 is 17.9 Å². The van der Waals surface area contributed by atoms with Crippen molar-refractivity contribution >= 4 is 29.3 Å². The van der Waals surface area contributed by atoms with Gasteiger partial charge in [-0.05, 0) is 33.6 Å². The first-order valence-corrected chi connectivity index (χ1v) is 9.07. The number of carbonyl (C=O) groups is 3. The lowest BCUT2D eigenvalue weighted by molar-refractivity contribution is -0.143. The van der Waals surface area contributed by atoms with Gasteiger partial charge in [0, 0.05) is 13.1 Å². The van der Waals surface area contributed by atoms with Crippen LogP contribution in [0.2, 0.25) is 0 Å². The number of nitrogens with one attached hydrogen (secondary N) is 1. The summed E-state index contributed by atoms with van der Waals surface area (Å²) in [7, 11) is 0. The van der Waals surface area contributed by atoms with E-state index in [9.17, 15) is 14.4 Å². The number of esters is 1. The first kappa shape index (κ1) is 19.2. The Kier molecular flexibility index (Phi) is 6.35. The van der Waals surface area contributed by atoms with Crippen LogP contribution in [-0.4, -0.2) is 52.7 Å². The number of piperidine rings is 1. The van der Waals surface area contributed by atoms with E-state index in [0.29, 0.717) is 35.0 Å². The van der Waals surface area contributed by atoms with Crippen LogP contribution in [-0.2, 0) is 9.53 Å². The molecule has 1 aliphatic heterocycles. The largest absolute Gasteiger partial charge is 0.481 e. The van der Waals surface area contributed by atoms with E-state index in [2.05, 4.69) is 10.3 Å². The highest BCUT2D eigenvalue weighted by Crippen LogP contribution is 2.25. The summed E-state index contributed by atoms with van der Waals surface area (Å²) in [6.45, 7) is 6.28. The van der Waals surface area contributed by atoms with Crippen molar-refractivity contribution < 1.29 is 24.2 Å². The van der Waals surface area contributed by atoms with Gasteiger partial charge in [-0.25, -0.2) is 14.6 Å². The molecule has 138 valence electrons. The molecule has 2 heterocycles. The van der Waals surface area contributed by atoms with Crippen LogP contribution in [0.1, 0.15) is 53.1 Å². The fourth-order valence-corrected chi connectivity index (χ4v) is 3.65. The van der Waals surface area contributed by atoms with Gasteiger partial charge < -0.3 is 20.1 Å². The smallest absolute Gasteiger partial charge is 0.350 e. The second kappa shape index (κ2) is 8.28. The maximum Gasteiger partial charge on any atom is 0.350 e. The van der Waals surface area contributed by atoms with E-state index in [1.807, 2.05) is 0 Å². The predicted octanol–water partition coefficient (Wildman–Crippen LogP) is 2.20. The van der Waals surface area contributed by atoms with Gasteiger partial charge in [-0.2, -0.15) is 0 Å². The number of rotatable bonds is 5. The van der Waals surface area contributed by atoms with E-state index >= 15 is 0 Å². The summed E-state index contributed by atoms with van der Waals surface area (Å²) >= 11 is 1.20. The van der Waals surface area contributed by atoms with Crippen molar-refractivity contribution in [2.45, 2.75) is 39.7 Å². The molecule has 25 heavy (non-hydrogen) atoms. The molecule has 2 atom stereocenters. The number of likely N-dealkylation sites (tertiary alicyclic amines) is 1. The Labute approximate surface area is 150 Å². The van der Waals surface area contributed by atoms with E-state index in [0.717, 1.165) is 0 Å². The second-order valence-electron chi connectivity index (χ2n) is 5.98. The number of carboxylic acids is 1. The summed E-state index contributed by atoms with van der Waals surface area (Å²) in [4.78, 5) is 41.7. The highest BCUT2D eigenvalue weighted by Gasteiger charge is 2.29. The summed E-state index contributed by atoms with van der Waals surface area (Å²) in [5.74, 6) is -1.81. The van der Waals surface area contributed by atoms with Crippen LogP contribution in [0.15, 0.2) is 0 Å². The molecule has 0 bridgehead atoms. The van der Waals surface area contributed by atoms with E-state index in [-0.39, 0.29) is 25.2 Å². The fraction of sp³-hybridized carbons (Fsp3) is 0.625. The van der Waals surface area contributed by atoms with Gasteiger partial charge in [0.25, 0.3) is 0 Å². The van der Waals surface area contributed by atoms with Gasteiger partial charge in [0.1, 0.15) is 9.88 Å². The van der Waals surface area contributed by atoms with Crippen molar-refractivity contribution in [2.24, 2.45) is 5.92 Å². The Morgan fingerprint density at radius 1 is 1.48 bits per heavy atom. The number of hydrogen-bond acceptors (Lipinski definition) is 6. The number of aryl methyl sites for hydroxylation is 1. The van der Waals surface area contributed by atoms with Gasteiger partial charge in [-0.15, -0.1) is 11.3 Å². The quantitative estimate of drug-likeness (QED) is 0.770. The molecule has 8 nitrogen and oxygen atoms in total. The zero-order chi connectivity index (χ0) is 18.6. The van der Waals surface area contributed by atoms with Crippen LogP contribution in [0.4, 0.5) is 4.79 Å². The molecule has 1 aliphatic rings. The third-order valence-corrected chi connectivity index (χ3v) is 5.36. The number of carbonyl (C=O) groups excluding carboxylic acids is 2. The molecule has 2 rings (SSSR count). The molecule has 2 amide bonds. The molecule has 2 N–H and O–H groups in total. The number of ether oxygens (including phenoxy) is 1. The zero-order valence-corrected chi connectivity index (χ0v) is 15.4. The fourth-order valence-electron chi connectivity index (χ4n) is 2.69. The second-order valence-corrected chi connectivity index (χ2v) is 7.01. The lowest BCUT2D eigenvalue weighted by Gasteiger charge is -2.31. The third-order valence-electron chi connectivity index (χ3n) is 4.04. The molecule has 9 heteroatoms. The van der Waals surface area contributed by atoms with Crippen LogP contribution < -0.4 is 5.32 Å². The van der Waals surface area contributed by atoms with Crippen molar-refractivity contribution in [3.05, 3.63) is 15.6 Å². The Morgan fingerprint density at radius 3 is 2.84 bits per heavy atom. The number of thiazole rings is 1. The van der Waals surface area contributed by atoms with Gasteiger partial charge >= 0.3 is 18.0 Å². The molecule has 0 aliphatic carbocycles. The first-order valence-electron chi connectivity index (χ1n) is 8.26. The lowest BCUT2D eigenvalue weighted by atomic mass is 9.99. The lowest BCUT2D eigenvalue weighted by Crippen LogP contribution is -2.47. The van der Waals surface area contributed by atoms with Crippen LogP contribution >= 0.6 is 11.3 Å². The Hall–Kier alpha value is -2.16. The van der Waals surface area contributed by atoms with E-state index in [1.165, 1.54) is 16.2 Å². The Bertz CT molecular complexity index is 660. The minimum atomic E-state index is -0.875. The molecule has 0 aromatic carbocycles. The number of amides is 2. The van der Waals surface area contributed by atoms with Gasteiger partial charge in [0.2, 0.25) is 0 Å². The topological polar surface area (TPSA) is 109 Å². The van der Waals surface area contributed by atoms with Crippen LogP contribution in [0.5, 0.6) is 0 Å². The average molecular weight is 369 g/mol. The van der Waals surface area contributed by atoms with Crippen LogP contribution in [0.25, 0.3) is 0 Å². The number of hydrogen-bond donors (Lipinski definition) is 2. The predicted molar refractivity (Wildman–Crippen MR) is 91.7 cm³/mol. The van der Waals surface area contributed by atoms with Crippen LogP contribution in [0.3, 0.4) is 0 Å². The van der Waals surface area contributed by atoms with Gasteiger partial charge in [-0.1, -0.05) is 0 Å². The van der Waals surface area contributed by atoms with E-state index in [4.69, 9.17) is 9.84 Å². The first-order chi connectivity index (χ1) is 11.8. The standard InChI is InChI=1S/C16H23N3O5S/c1-4-24-15(22)12-9(2)17-13(25-12)10(3)18-16(23)19-7-5-6-11(8-19)14(20)21/h10-11H,4-8H2,1-3H3,(H,18,23)(H,20,21). The molecule has 1 saturated heterocycles. The summed E-state index contributed by atoms with van der Waals surface area (Å²) in [5, 5.41) is 12.6. The van der Waals surface area contributed by atoms with Gasteiger partial charge in [-0.3, -0.25) is 4.79 Å². The summed E-state index contributed by atoms with van der Waals surface area (Å²) in [6.07, 6.45) is 1.26. The SMILES string of the molecule is CCOC(=O)c1sc(C(C)NC(=O)N2CCCC(C(=O)O)C2)nc1C. The number of urea groups is 1. The molecule has 0 spiro atoms. The molecular formula is C16H23N3O5S. The van der Waals surface area contributed by atoms with Crippen molar-refractivity contribution in [1.82, 2.24) is 15.2 Å². The number of carboxylic acid groups (broad SMARTS) is 1. The van der Waals surface area contributed by atoms with Gasteiger partial charge in [0.05, 0.1) is 24.3 Å². The summed E-state index contributed by atoms with van der Waals surface area (Å²) in [5.41, 5.74) is 0.573. The highest BCUT2D eigenvalue weighted by atomic mass is 32.1. The molecule has 1 aromatic rings. The molecule has 1 aromatic heterocycles. The summed E-state index contributed by atoms with van der Waals surface area (Å²) in [6, 6.07) is -0.700. The molecule has 0 saturated carbocycles. The molecule has 1 fully saturated rings. The maximum absolute atomic E-state index is 12.4.